The molecule has 13 heavy (non-hydrogen) atoms. The Morgan fingerprint density at radius 3 is 2.92 bits per heavy atom. The molecule has 0 spiro atoms. The minimum Gasteiger partial charge on any atom is -0.508 e. The van der Waals surface area contributed by atoms with Gasteiger partial charge in [-0.1, -0.05) is 6.07 Å². The monoisotopic (exact) mass is 181 g/mol. The third kappa shape index (κ3) is 1.65. The lowest BCUT2D eigenvalue weighted by molar-refractivity contribution is 0.451. The highest BCUT2D eigenvalue weighted by molar-refractivity contribution is 5.35. The Balaban J connectivity index is 2.29. The molecule has 70 valence electrons. The second-order valence-corrected chi connectivity index (χ2v) is 3.35. The standard InChI is InChI=1S/C10H12FNO/c11-7-3-4-8(10(13)6-7)9-2-1-5-12-9/h3-4,6,9,12-13H,1-2,5H2. The number of rotatable bonds is 1. The van der Waals surface area contributed by atoms with E-state index < -0.39 is 0 Å². The Kier molecular flexibility index (Phi) is 2.19. The summed E-state index contributed by atoms with van der Waals surface area (Å²) in [5, 5.41) is 12.7. The second-order valence-electron chi connectivity index (χ2n) is 3.35. The van der Waals surface area contributed by atoms with Crippen molar-refractivity contribution in [2.75, 3.05) is 6.54 Å². The van der Waals surface area contributed by atoms with Gasteiger partial charge in [0.2, 0.25) is 0 Å². The van der Waals surface area contributed by atoms with Gasteiger partial charge in [-0.2, -0.15) is 0 Å². The molecule has 2 N–H and O–H groups in total. The van der Waals surface area contributed by atoms with Gasteiger partial charge in [0, 0.05) is 17.7 Å². The quantitative estimate of drug-likeness (QED) is 0.694. The highest BCUT2D eigenvalue weighted by Gasteiger charge is 2.18. The van der Waals surface area contributed by atoms with Crippen LogP contribution >= 0.6 is 0 Å². The molecule has 0 bridgehead atoms. The van der Waals surface area contributed by atoms with Crippen molar-refractivity contribution >= 4 is 0 Å². The first kappa shape index (κ1) is 8.51. The molecule has 2 rings (SSSR count). The summed E-state index contributed by atoms with van der Waals surface area (Å²) in [5.41, 5.74) is 0.805. The largest absolute Gasteiger partial charge is 0.508 e. The van der Waals surface area contributed by atoms with Crippen molar-refractivity contribution in [1.29, 1.82) is 0 Å². The van der Waals surface area contributed by atoms with Crippen molar-refractivity contribution in [3.63, 3.8) is 0 Å². The maximum absolute atomic E-state index is 12.7. The van der Waals surface area contributed by atoms with E-state index in [4.69, 9.17) is 0 Å². The minimum atomic E-state index is -0.390. The number of hydrogen-bond donors (Lipinski definition) is 2. The van der Waals surface area contributed by atoms with E-state index in [1.807, 2.05) is 0 Å². The first-order valence-electron chi connectivity index (χ1n) is 4.49. The van der Waals surface area contributed by atoms with Gasteiger partial charge in [-0.3, -0.25) is 0 Å². The molecule has 0 amide bonds. The van der Waals surface area contributed by atoms with Crippen molar-refractivity contribution in [2.45, 2.75) is 18.9 Å². The Hall–Kier alpha value is -1.09. The SMILES string of the molecule is Oc1cc(F)ccc1C1CCCN1. The lowest BCUT2D eigenvalue weighted by Crippen LogP contribution is -2.12. The Morgan fingerprint density at radius 1 is 1.46 bits per heavy atom. The number of benzene rings is 1. The van der Waals surface area contributed by atoms with Crippen molar-refractivity contribution < 1.29 is 9.50 Å². The zero-order valence-electron chi connectivity index (χ0n) is 7.26. The predicted octanol–water partition coefficient (Wildman–Crippen LogP) is 1.96. The molecule has 1 aromatic carbocycles. The van der Waals surface area contributed by atoms with Crippen LogP contribution in [0.15, 0.2) is 18.2 Å². The Bertz CT molecular complexity index is 308. The summed E-state index contributed by atoms with van der Waals surface area (Å²) in [6.45, 7) is 0.974. The summed E-state index contributed by atoms with van der Waals surface area (Å²) in [5.74, 6) is -0.335. The van der Waals surface area contributed by atoms with E-state index in [0.717, 1.165) is 31.0 Å². The minimum absolute atomic E-state index is 0.0550. The summed E-state index contributed by atoms with van der Waals surface area (Å²) in [6.07, 6.45) is 2.13. The van der Waals surface area contributed by atoms with Crippen LogP contribution in [0.2, 0.25) is 0 Å². The Labute approximate surface area is 76.4 Å². The van der Waals surface area contributed by atoms with Crippen LogP contribution in [-0.2, 0) is 0 Å². The molecule has 1 fully saturated rings. The summed E-state index contributed by atoms with van der Waals surface area (Å²) in [7, 11) is 0. The Morgan fingerprint density at radius 2 is 2.31 bits per heavy atom. The van der Waals surface area contributed by atoms with Gasteiger partial charge in [-0.15, -0.1) is 0 Å². The van der Waals surface area contributed by atoms with Crippen LogP contribution in [0.1, 0.15) is 24.4 Å². The molecule has 1 aromatic rings. The van der Waals surface area contributed by atoms with Gasteiger partial charge >= 0.3 is 0 Å². The lowest BCUT2D eigenvalue weighted by Gasteiger charge is -2.11. The van der Waals surface area contributed by atoms with E-state index in [0.29, 0.717) is 0 Å². The van der Waals surface area contributed by atoms with Crippen molar-refractivity contribution in [2.24, 2.45) is 0 Å². The van der Waals surface area contributed by atoms with Crippen molar-refractivity contribution in [3.05, 3.63) is 29.6 Å². The van der Waals surface area contributed by atoms with Gasteiger partial charge in [-0.25, -0.2) is 4.39 Å². The normalized spacial score (nSPS) is 22.1. The van der Waals surface area contributed by atoms with Gasteiger partial charge in [-0.05, 0) is 25.5 Å². The fourth-order valence-corrected chi connectivity index (χ4v) is 1.76. The number of nitrogens with one attached hydrogen (secondary N) is 1. The maximum Gasteiger partial charge on any atom is 0.126 e. The number of hydrogen-bond acceptors (Lipinski definition) is 2. The average molecular weight is 181 g/mol. The van der Waals surface area contributed by atoms with E-state index in [9.17, 15) is 9.50 Å². The molecule has 1 aliphatic rings. The molecular weight excluding hydrogens is 169 g/mol. The van der Waals surface area contributed by atoms with Crippen molar-refractivity contribution in [3.8, 4) is 5.75 Å². The van der Waals surface area contributed by atoms with Gasteiger partial charge in [0.1, 0.15) is 11.6 Å². The molecule has 0 saturated carbocycles. The first-order chi connectivity index (χ1) is 6.27. The van der Waals surface area contributed by atoms with E-state index >= 15 is 0 Å². The van der Waals surface area contributed by atoms with Crippen LogP contribution in [0, 0.1) is 5.82 Å². The molecule has 0 aromatic heterocycles. The van der Waals surface area contributed by atoms with Gasteiger partial charge in [0.05, 0.1) is 0 Å². The summed E-state index contributed by atoms with van der Waals surface area (Å²) >= 11 is 0. The molecule has 3 heteroatoms. The van der Waals surface area contributed by atoms with Crippen LogP contribution in [0.25, 0.3) is 0 Å². The molecule has 1 aliphatic heterocycles. The van der Waals surface area contributed by atoms with Crippen LogP contribution in [0.5, 0.6) is 5.75 Å². The number of aromatic hydroxyl groups is 1. The van der Waals surface area contributed by atoms with Crippen LogP contribution in [0.3, 0.4) is 0 Å². The number of phenolic OH excluding ortho intramolecular Hbond substituents is 1. The third-order valence-electron chi connectivity index (χ3n) is 2.43. The van der Waals surface area contributed by atoms with Gasteiger partial charge in [0.25, 0.3) is 0 Å². The zero-order chi connectivity index (χ0) is 9.26. The molecule has 2 nitrogen and oxygen atoms in total. The summed E-state index contributed by atoms with van der Waals surface area (Å²) in [6, 6.07) is 4.39. The molecule has 1 atom stereocenters. The van der Waals surface area contributed by atoms with Crippen LogP contribution in [0.4, 0.5) is 4.39 Å². The molecular formula is C10H12FNO. The fraction of sp³-hybridized carbons (Fsp3) is 0.400. The lowest BCUT2D eigenvalue weighted by atomic mass is 10.0. The second kappa shape index (κ2) is 3.34. The highest BCUT2D eigenvalue weighted by atomic mass is 19.1. The van der Waals surface area contributed by atoms with E-state index in [2.05, 4.69) is 5.32 Å². The molecule has 0 aliphatic carbocycles. The van der Waals surface area contributed by atoms with Gasteiger partial charge in [0.15, 0.2) is 0 Å². The smallest absolute Gasteiger partial charge is 0.126 e. The molecule has 0 radical (unpaired) electrons. The zero-order valence-corrected chi connectivity index (χ0v) is 7.26. The maximum atomic E-state index is 12.7. The van der Waals surface area contributed by atoms with E-state index in [1.54, 1.807) is 6.07 Å². The molecule has 1 unspecified atom stereocenters. The van der Waals surface area contributed by atoms with Gasteiger partial charge < -0.3 is 10.4 Å². The average Bonchev–Trinajstić information content (AvgIpc) is 2.56. The molecule has 1 saturated heterocycles. The van der Waals surface area contributed by atoms with E-state index in [1.165, 1.54) is 6.07 Å². The topological polar surface area (TPSA) is 32.3 Å². The van der Waals surface area contributed by atoms with Crippen LogP contribution in [-0.4, -0.2) is 11.7 Å². The number of phenols is 1. The molecule has 1 heterocycles. The predicted molar refractivity (Wildman–Crippen MR) is 48.0 cm³/mol. The third-order valence-corrected chi connectivity index (χ3v) is 2.43. The summed E-state index contributed by atoms with van der Waals surface area (Å²) < 4.78 is 12.7. The fourth-order valence-electron chi connectivity index (χ4n) is 1.76. The first-order valence-corrected chi connectivity index (χ1v) is 4.49. The van der Waals surface area contributed by atoms with Crippen molar-refractivity contribution in [1.82, 2.24) is 5.32 Å². The number of halogens is 1. The summed E-state index contributed by atoms with van der Waals surface area (Å²) in [4.78, 5) is 0. The van der Waals surface area contributed by atoms with Crippen LogP contribution < -0.4 is 5.32 Å². The van der Waals surface area contributed by atoms with E-state index in [-0.39, 0.29) is 17.6 Å². The highest BCUT2D eigenvalue weighted by Crippen LogP contribution is 2.30.